The Kier molecular flexibility index (Phi) is 6.48. The third kappa shape index (κ3) is 6.51. The van der Waals surface area contributed by atoms with Crippen molar-refractivity contribution in [2.45, 2.75) is 33.3 Å². The van der Waals surface area contributed by atoms with Crippen LogP contribution in [0.5, 0.6) is 0 Å². The molecule has 0 heterocycles. The van der Waals surface area contributed by atoms with E-state index < -0.39 is 5.97 Å². The van der Waals surface area contributed by atoms with Crippen LogP contribution in [-0.4, -0.2) is 18.7 Å². The first kappa shape index (κ1) is 12.3. The van der Waals surface area contributed by atoms with E-state index in [1.54, 1.807) is 0 Å². The molecule has 3 N–H and O–H groups in total. The van der Waals surface area contributed by atoms with Crippen LogP contribution in [-0.2, 0) is 14.4 Å². The van der Waals surface area contributed by atoms with Crippen LogP contribution < -0.4 is 11.4 Å². The minimum absolute atomic E-state index is 0.152. The summed E-state index contributed by atoms with van der Waals surface area (Å²) < 4.78 is 5.35. The summed E-state index contributed by atoms with van der Waals surface area (Å²) in [6.07, 6.45) is 0.361. The Morgan fingerprint density at radius 2 is 2.08 bits per heavy atom. The molecule has 0 saturated carbocycles. The van der Waals surface area contributed by atoms with Crippen LogP contribution in [0, 0.1) is 5.92 Å². The van der Waals surface area contributed by atoms with Crippen molar-refractivity contribution in [3.8, 4) is 0 Å². The standard InChI is InChI=1S/C8H18N2O3/c1-6(2)7(3)12-5-4-8(11)13-10-9/h6-7,10H,4-5,9H2,1-3H3. The molecule has 0 aromatic carbocycles. The fourth-order valence-electron chi connectivity index (χ4n) is 0.637. The fourth-order valence-corrected chi connectivity index (χ4v) is 0.637. The monoisotopic (exact) mass is 190 g/mol. The van der Waals surface area contributed by atoms with E-state index in [0.29, 0.717) is 12.5 Å². The first-order valence-electron chi connectivity index (χ1n) is 4.34. The van der Waals surface area contributed by atoms with Crippen molar-refractivity contribution >= 4 is 5.97 Å². The van der Waals surface area contributed by atoms with E-state index in [4.69, 9.17) is 10.6 Å². The van der Waals surface area contributed by atoms with Crippen molar-refractivity contribution in [1.29, 1.82) is 0 Å². The zero-order valence-electron chi connectivity index (χ0n) is 8.37. The predicted octanol–water partition coefficient (Wildman–Crippen LogP) is 0.359. The third-order valence-corrected chi connectivity index (χ3v) is 1.80. The fraction of sp³-hybridized carbons (Fsp3) is 0.875. The van der Waals surface area contributed by atoms with Crippen LogP contribution in [0.3, 0.4) is 0 Å². The molecule has 0 radical (unpaired) electrons. The molecule has 0 spiro atoms. The maximum absolute atomic E-state index is 10.7. The van der Waals surface area contributed by atoms with E-state index in [2.05, 4.69) is 18.7 Å². The SMILES string of the molecule is CC(C)C(C)OCCC(=O)ONN. The van der Waals surface area contributed by atoms with Gasteiger partial charge in [-0.3, -0.25) is 4.79 Å². The second kappa shape index (κ2) is 6.82. The molecule has 0 bridgehead atoms. The Morgan fingerprint density at radius 3 is 2.54 bits per heavy atom. The molecule has 0 rings (SSSR count). The number of carbonyl (C=O) groups excluding carboxylic acids is 1. The van der Waals surface area contributed by atoms with E-state index in [1.807, 2.05) is 12.5 Å². The van der Waals surface area contributed by atoms with Gasteiger partial charge in [0.1, 0.15) is 0 Å². The van der Waals surface area contributed by atoms with E-state index in [9.17, 15) is 4.79 Å². The number of carbonyl (C=O) groups is 1. The average molecular weight is 190 g/mol. The summed E-state index contributed by atoms with van der Waals surface area (Å²) in [7, 11) is 0. The van der Waals surface area contributed by atoms with Crippen LogP contribution >= 0.6 is 0 Å². The lowest BCUT2D eigenvalue weighted by Gasteiger charge is -2.15. The molecule has 0 aliphatic rings. The van der Waals surface area contributed by atoms with Crippen molar-refractivity contribution in [2.24, 2.45) is 11.8 Å². The zero-order chi connectivity index (χ0) is 10.3. The van der Waals surface area contributed by atoms with Gasteiger partial charge in [0.15, 0.2) is 0 Å². The number of nitrogens with two attached hydrogens (primary N) is 1. The highest BCUT2D eigenvalue weighted by molar-refractivity contribution is 5.69. The first-order chi connectivity index (χ1) is 6.07. The predicted molar refractivity (Wildman–Crippen MR) is 48.3 cm³/mol. The van der Waals surface area contributed by atoms with Crippen LogP contribution in [0.15, 0.2) is 0 Å². The lowest BCUT2D eigenvalue weighted by atomic mass is 10.1. The molecule has 5 heteroatoms. The van der Waals surface area contributed by atoms with Gasteiger partial charge in [-0.1, -0.05) is 19.4 Å². The summed E-state index contributed by atoms with van der Waals surface area (Å²) in [4.78, 5) is 15.0. The summed E-state index contributed by atoms with van der Waals surface area (Å²) in [6, 6.07) is 0. The number of hydrogen-bond acceptors (Lipinski definition) is 5. The van der Waals surface area contributed by atoms with Crippen LogP contribution in [0.4, 0.5) is 0 Å². The molecule has 78 valence electrons. The van der Waals surface area contributed by atoms with Crippen molar-refractivity contribution in [2.75, 3.05) is 6.61 Å². The summed E-state index contributed by atoms with van der Waals surface area (Å²) in [6.45, 7) is 6.45. The second-order valence-electron chi connectivity index (χ2n) is 3.16. The molecule has 0 aliphatic carbocycles. The average Bonchev–Trinajstić information content (AvgIpc) is 2.04. The number of hydrazine groups is 1. The van der Waals surface area contributed by atoms with Crippen molar-refractivity contribution in [1.82, 2.24) is 5.59 Å². The number of hydrogen-bond donors (Lipinski definition) is 2. The van der Waals surface area contributed by atoms with Crippen molar-refractivity contribution in [3.63, 3.8) is 0 Å². The Hall–Kier alpha value is -0.650. The van der Waals surface area contributed by atoms with Gasteiger partial charge in [0.2, 0.25) is 0 Å². The van der Waals surface area contributed by atoms with Crippen molar-refractivity contribution in [3.05, 3.63) is 0 Å². The topological polar surface area (TPSA) is 73.6 Å². The highest BCUT2D eigenvalue weighted by Crippen LogP contribution is 2.05. The Labute approximate surface area is 78.5 Å². The summed E-state index contributed by atoms with van der Waals surface area (Å²) >= 11 is 0. The Bertz CT molecular complexity index is 150. The molecule has 0 aromatic heterocycles. The largest absolute Gasteiger partial charge is 0.378 e. The molecule has 1 unspecified atom stereocenters. The lowest BCUT2D eigenvalue weighted by Crippen LogP contribution is -2.27. The normalized spacial score (nSPS) is 13.0. The molecular weight excluding hydrogens is 172 g/mol. The highest BCUT2D eigenvalue weighted by atomic mass is 16.7. The summed E-state index contributed by atoms with van der Waals surface area (Å²) in [5.74, 6) is 4.81. The highest BCUT2D eigenvalue weighted by Gasteiger charge is 2.08. The van der Waals surface area contributed by atoms with Gasteiger partial charge in [-0.2, -0.15) is 0 Å². The maximum atomic E-state index is 10.7. The molecule has 0 saturated heterocycles. The van der Waals surface area contributed by atoms with Gasteiger partial charge in [-0.05, 0) is 12.8 Å². The van der Waals surface area contributed by atoms with Crippen LogP contribution in [0.25, 0.3) is 0 Å². The van der Waals surface area contributed by atoms with E-state index in [0.717, 1.165) is 0 Å². The second-order valence-corrected chi connectivity index (χ2v) is 3.16. The van der Waals surface area contributed by atoms with Crippen LogP contribution in [0.1, 0.15) is 27.2 Å². The Morgan fingerprint density at radius 1 is 1.46 bits per heavy atom. The van der Waals surface area contributed by atoms with Gasteiger partial charge in [0.25, 0.3) is 0 Å². The van der Waals surface area contributed by atoms with Gasteiger partial charge in [-0.15, -0.1) is 0 Å². The quantitative estimate of drug-likeness (QED) is 0.467. The minimum Gasteiger partial charge on any atom is -0.378 e. The van der Waals surface area contributed by atoms with Gasteiger partial charge in [0, 0.05) is 0 Å². The van der Waals surface area contributed by atoms with Gasteiger partial charge < -0.3 is 9.57 Å². The third-order valence-electron chi connectivity index (χ3n) is 1.80. The van der Waals surface area contributed by atoms with Gasteiger partial charge >= 0.3 is 5.97 Å². The maximum Gasteiger partial charge on any atom is 0.328 e. The first-order valence-corrected chi connectivity index (χ1v) is 4.34. The minimum atomic E-state index is -0.418. The number of ether oxygens (including phenoxy) is 1. The smallest absolute Gasteiger partial charge is 0.328 e. The molecule has 5 nitrogen and oxygen atoms in total. The zero-order valence-corrected chi connectivity index (χ0v) is 8.37. The molecule has 13 heavy (non-hydrogen) atoms. The molecule has 1 atom stereocenters. The molecule has 0 fully saturated rings. The van der Waals surface area contributed by atoms with E-state index in [-0.39, 0.29) is 12.5 Å². The molecule has 0 aliphatic heterocycles. The molecular formula is C8H18N2O3. The summed E-state index contributed by atoms with van der Waals surface area (Å²) in [5, 5.41) is 0. The number of rotatable bonds is 6. The Balaban J connectivity index is 3.39. The molecule has 0 aromatic rings. The summed E-state index contributed by atoms with van der Waals surface area (Å²) in [5.41, 5.74) is 1.82. The molecule has 0 amide bonds. The van der Waals surface area contributed by atoms with E-state index >= 15 is 0 Å². The number of nitrogens with one attached hydrogen (secondary N) is 1. The van der Waals surface area contributed by atoms with Gasteiger partial charge in [-0.25, -0.2) is 5.84 Å². The van der Waals surface area contributed by atoms with E-state index in [1.165, 1.54) is 0 Å². The van der Waals surface area contributed by atoms with Crippen LogP contribution in [0.2, 0.25) is 0 Å². The lowest BCUT2D eigenvalue weighted by molar-refractivity contribution is -0.153. The van der Waals surface area contributed by atoms with Crippen molar-refractivity contribution < 1.29 is 14.4 Å². The van der Waals surface area contributed by atoms with Gasteiger partial charge in [0.05, 0.1) is 19.1 Å².